The maximum atomic E-state index is 11.0. The molecule has 0 radical (unpaired) electrons. The molecule has 5 nitrogen and oxygen atoms in total. The summed E-state index contributed by atoms with van der Waals surface area (Å²) in [5, 5.41) is 20.5. The van der Waals surface area contributed by atoms with Crippen LogP contribution in [0.15, 0.2) is 24.3 Å². The van der Waals surface area contributed by atoms with Crippen molar-refractivity contribution in [3.63, 3.8) is 0 Å². The number of likely N-dealkylation sites (tertiary alicyclic amines) is 1. The Morgan fingerprint density at radius 3 is 2.67 bits per heavy atom. The molecule has 0 saturated carbocycles. The molecule has 2 N–H and O–H groups in total. The van der Waals surface area contributed by atoms with Crippen LogP contribution in [0.4, 0.5) is 4.79 Å². The minimum Gasteiger partial charge on any atom is -0.465 e. The number of hydrogen-bond donors (Lipinski definition) is 2. The average molecular weight is 312 g/mol. The van der Waals surface area contributed by atoms with Crippen molar-refractivity contribution in [1.82, 2.24) is 4.90 Å². The summed E-state index contributed by atoms with van der Waals surface area (Å²) in [5.41, 5.74) is -0.716. The highest BCUT2D eigenvalue weighted by molar-refractivity contribution is 6.30. The van der Waals surface area contributed by atoms with Crippen molar-refractivity contribution in [3.05, 3.63) is 34.9 Å². The zero-order valence-electron chi connectivity index (χ0n) is 11.6. The van der Waals surface area contributed by atoms with Gasteiger partial charge in [-0.25, -0.2) is 4.79 Å². The van der Waals surface area contributed by atoms with Gasteiger partial charge >= 0.3 is 6.09 Å². The van der Waals surface area contributed by atoms with Gasteiger partial charge in [0.2, 0.25) is 0 Å². The fraction of sp³-hybridized carbons (Fsp3) is 0.533. The summed E-state index contributed by atoms with van der Waals surface area (Å²) in [4.78, 5) is 12.4. The first-order chi connectivity index (χ1) is 9.92. The first-order valence-corrected chi connectivity index (χ1v) is 7.41. The van der Waals surface area contributed by atoms with E-state index >= 15 is 0 Å². The summed E-state index contributed by atoms with van der Waals surface area (Å²) in [6.45, 7) is 1.11. The van der Waals surface area contributed by atoms with E-state index in [1.807, 2.05) is 12.1 Å². The zero-order valence-corrected chi connectivity index (χ0v) is 12.3. The number of amides is 1. The second-order valence-corrected chi connectivity index (χ2v) is 6.40. The Hall–Kier alpha value is -1.30. The van der Waals surface area contributed by atoms with E-state index in [0.717, 1.165) is 5.56 Å². The fourth-order valence-electron chi connectivity index (χ4n) is 3.30. The molecule has 114 valence electrons. The standard InChI is InChI=1S/C15H18ClNO4/c16-12-3-1-2-11(8-12)15(20)9-14(21-10-15)4-6-17(7-5-14)13(18)19/h1-3,8,20H,4-7,9-10H2,(H,18,19). The number of hydrogen-bond acceptors (Lipinski definition) is 3. The summed E-state index contributed by atoms with van der Waals surface area (Å²) >= 11 is 5.99. The lowest BCUT2D eigenvalue weighted by Crippen LogP contribution is -2.46. The smallest absolute Gasteiger partial charge is 0.407 e. The van der Waals surface area contributed by atoms with Crippen LogP contribution in [0.2, 0.25) is 5.02 Å². The van der Waals surface area contributed by atoms with E-state index < -0.39 is 17.3 Å². The molecule has 1 amide bonds. The number of rotatable bonds is 1. The highest BCUT2D eigenvalue weighted by Gasteiger charge is 2.50. The van der Waals surface area contributed by atoms with Crippen LogP contribution in [-0.2, 0) is 10.3 Å². The minimum atomic E-state index is -1.05. The van der Waals surface area contributed by atoms with Crippen molar-refractivity contribution in [1.29, 1.82) is 0 Å². The quantitative estimate of drug-likeness (QED) is 0.836. The number of carboxylic acid groups (broad SMARTS) is 1. The third-order valence-corrected chi connectivity index (χ3v) is 4.77. The summed E-state index contributed by atoms with van der Waals surface area (Å²) in [6, 6.07) is 7.19. The Morgan fingerprint density at radius 1 is 1.33 bits per heavy atom. The molecule has 3 rings (SSSR count). The molecule has 21 heavy (non-hydrogen) atoms. The van der Waals surface area contributed by atoms with Crippen LogP contribution in [-0.4, -0.2) is 46.5 Å². The molecule has 6 heteroatoms. The number of piperidine rings is 1. The van der Waals surface area contributed by atoms with Crippen molar-refractivity contribution in [2.24, 2.45) is 0 Å². The molecule has 0 aliphatic carbocycles. The summed E-state index contributed by atoms with van der Waals surface area (Å²) in [5.74, 6) is 0. The van der Waals surface area contributed by atoms with Crippen LogP contribution in [0.25, 0.3) is 0 Å². The van der Waals surface area contributed by atoms with Crippen molar-refractivity contribution in [2.45, 2.75) is 30.5 Å². The lowest BCUT2D eigenvalue weighted by atomic mass is 9.81. The maximum absolute atomic E-state index is 11.0. The molecule has 2 saturated heterocycles. The normalized spacial score (nSPS) is 28.0. The van der Waals surface area contributed by atoms with Gasteiger partial charge in [-0.05, 0) is 30.5 Å². The molecule has 1 unspecified atom stereocenters. The predicted octanol–water partition coefficient (Wildman–Crippen LogP) is 2.46. The number of carbonyl (C=O) groups is 1. The molecule has 1 spiro atoms. The van der Waals surface area contributed by atoms with Crippen molar-refractivity contribution in [2.75, 3.05) is 19.7 Å². The molecular formula is C15H18ClNO4. The van der Waals surface area contributed by atoms with Crippen LogP contribution in [0.3, 0.4) is 0 Å². The maximum Gasteiger partial charge on any atom is 0.407 e. The van der Waals surface area contributed by atoms with E-state index in [-0.39, 0.29) is 6.61 Å². The van der Waals surface area contributed by atoms with Gasteiger partial charge in [-0.3, -0.25) is 0 Å². The molecular weight excluding hydrogens is 294 g/mol. The third-order valence-electron chi connectivity index (χ3n) is 4.54. The van der Waals surface area contributed by atoms with Crippen LogP contribution >= 0.6 is 11.6 Å². The van der Waals surface area contributed by atoms with Gasteiger partial charge < -0.3 is 19.8 Å². The number of aliphatic hydroxyl groups is 1. The molecule has 0 bridgehead atoms. The summed E-state index contributed by atoms with van der Waals surface area (Å²) in [7, 11) is 0. The second kappa shape index (κ2) is 5.16. The Morgan fingerprint density at radius 2 is 2.05 bits per heavy atom. The zero-order chi connectivity index (χ0) is 15.1. The van der Waals surface area contributed by atoms with E-state index in [0.29, 0.717) is 37.4 Å². The molecule has 2 fully saturated rings. The minimum absolute atomic E-state index is 0.223. The van der Waals surface area contributed by atoms with E-state index in [1.165, 1.54) is 4.90 Å². The topological polar surface area (TPSA) is 70.0 Å². The largest absolute Gasteiger partial charge is 0.465 e. The highest BCUT2D eigenvalue weighted by atomic mass is 35.5. The van der Waals surface area contributed by atoms with Crippen LogP contribution < -0.4 is 0 Å². The van der Waals surface area contributed by atoms with Gasteiger partial charge in [0, 0.05) is 24.5 Å². The van der Waals surface area contributed by atoms with Crippen LogP contribution in [0.1, 0.15) is 24.8 Å². The molecule has 2 heterocycles. The van der Waals surface area contributed by atoms with E-state index in [9.17, 15) is 9.90 Å². The Labute approximate surface area is 128 Å². The van der Waals surface area contributed by atoms with E-state index in [1.54, 1.807) is 12.1 Å². The van der Waals surface area contributed by atoms with Gasteiger partial charge in [-0.15, -0.1) is 0 Å². The molecule has 1 atom stereocenters. The predicted molar refractivity (Wildman–Crippen MR) is 77.5 cm³/mol. The lowest BCUT2D eigenvalue weighted by molar-refractivity contribution is -0.0437. The summed E-state index contributed by atoms with van der Waals surface area (Å²) < 4.78 is 5.91. The van der Waals surface area contributed by atoms with Gasteiger partial charge in [0.1, 0.15) is 5.60 Å². The van der Waals surface area contributed by atoms with Gasteiger partial charge in [-0.2, -0.15) is 0 Å². The van der Waals surface area contributed by atoms with Crippen LogP contribution in [0.5, 0.6) is 0 Å². The van der Waals surface area contributed by atoms with Crippen molar-refractivity contribution >= 4 is 17.7 Å². The van der Waals surface area contributed by atoms with Crippen molar-refractivity contribution in [3.8, 4) is 0 Å². The molecule has 0 aromatic heterocycles. The first-order valence-electron chi connectivity index (χ1n) is 7.03. The highest BCUT2D eigenvalue weighted by Crippen LogP contribution is 2.45. The van der Waals surface area contributed by atoms with Gasteiger partial charge in [0.05, 0.1) is 12.2 Å². The molecule has 2 aliphatic heterocycles. The monoisotopic (exact) mass is 311 g/mol. The van der Waals surface area contributed by atoms with E-state index in [4.69, 9.17) is 21.4 Å². The molecule has 2 aliphatic rings. The Balaban J connectivity index is 1.75. The molecule has 1 aromatic carbocycles. The molecule has 1 aromatic rings. The van der Waals surface area contributed by atoms with Gasteiger partial charge in [-0.1, -0.05) is 23.7 Å². The van der Waals surface area contributed by atoms with Gasteiger partial charge in [0.25, 0.3) is 0 Å². The number of ether oxygens (including phenoxy) is 1. The second-order valence-electron chi connectivity index (χ2n) is 5.96. The average Bonchev–Trinajstić information content (AvgIpc) is 2.78. The lowest BCUT2D eigenvalue weighted by Gasteiger charge is -2.37. The third kappa shape index (κ3) is 2.73. The Kier molecular flexibility index (Phi) is 3.59. The number of nitrogens with zero attached hydrogens (tertiary/aromatic N) is 1. The fourth-order valence-corrected chi connectivity index (χ4v) is 3.49. The summed E-state index contributed by atoms with van der Waals surface area (Å²) in [6.07, 6.45) is 0.811. The number of halogens is 1. The first kappa shape index (κ1) is 14.6. The number of benzene rings is 1. The van der Waals surface area contributed by atoms with Gasteiger partial charge in [0.15, 0.2) is 0 Å². The van der Waals surface area contributed by atoms with Crippen LogP contribution in [0, 0.1) is 0 Å². The van der Waals surface area contributed by atoms with Crippen molar-refractivity contribution < 1.29 is 19.7 Å². The SMILES string of the molecule is O=C(O)N1CCC2(CC1)CC(O)(c1cccc(Cl)c1)CO2. The Bertz CT molecular complexity index is 556. The van der Waals surface area contributed by atoms with E-state index in [2.05, 4.69) is 0 Å².